The lowest BCUT2D eigenvalue weighted by Crippen LogP contribution is -2.69. The number of hydrogen-bond acceptors (Lipinski definition) is 6. The molecule has 1 aliphatic heterocycles. The van der Waals surface area contributed by atoms with Gasteiger partial charge in [0.2, 0.25) is 0 Å². The summed E-state index contributed by atoms with van der Waals surface area (Å²) in [5.41, 5.74) is 0. The summed E-state index contributed by atoms with van der Waals surface area (Å²) >= 11 is 24.8. The molecule has 0 amide bonds. The highest BCUT2D eigenvalue weighted by Crippen LogP contribution is 2.56. The highest BCUT2D eigenvalue weighted by molar-refractivity contribution is 6.53. The van der Waals surface area contributed by atoms with Crippen molar-refractivity contribution in [2.75, 3.05) is 26.4 Å². The van der Waals surface area contributed by atoms with Crippen molar-refractivity contribution in [2.45, 2.75) is 39.6 Å². The van der Waals surface area contributed by atoms with Crippen LogP contribution < -0.4 is 9.47 Å². The van der Waals surface area contributed by atoms with E-state index in [2.05, 4.69) is 0 Å². The molecule has 148 valence electrons. The van der Waals surface area contributed by atoms with E-state index in [1.807, 2.05) is 0 Å². The summed E-state index contributed by atoms with van der Waals surface area (Å²) < 4.78 is 35.0. The first-order valence-corrected chi connectivity index (χ1v) is 9.63. The molecule has 0 bridgehead atoms. The molecular formula is C16H20Cl4O6. The maximum absolute atomic E-state index is 6.29. The van der Waals surface area contributed by atoms with E-state index in [-0.39, 0.29) is 58.0 Å². The van der Waals surface area contributed by atoms with Gasteiger partial charge in [-0.25, -0.2) is 0 Å². The standard InChI is InChI=1S/C16H20Cl4O6/c1-5-21-15(22-6-2)16(23-7-3,24-8-4)26-14-12(20)10(18)9(17)11(19)13(14)25-15/h5-8H2,1-4H3. The van der Waals surface area contributed by atoms with Crippen LogP contribution in [0.25, 0.3) is 0 Å². The average molecular weight is 450 g/mol. The molecule has 0 spiro atoms. The van der Waals surface area contributed by atoms with Crippen molar-refractivity contribution >= 4 is 46.4 Å². The first kappa shape index (κ1) is 22.1. The molecule has 0 saturated heterocycles. The smallest absolute Gasteiger partial charge is 0.426 e. The Bertz CT molecular complexity index is 587. The molecule has 1 aliphatic rings. The van der Waals surface area contributed by atoms with Crippen LogP contribution in [0.1, 0.15) is 27.7 Å². The first-order valence-electron chi connectivity index (χ1n) is 8.12. The molecule has 0 radical (unpaired) electrons. The van der Waals surface area contributed by atoms with E-state index in [4.69, 9.17) is 74.8 Å². The van der Waals surface area contributed by atoms with Gasteiger partial charge in [-0.3, -0.25) is 0 Å². The van der Waals surface area contributed by atoms with Gasteiger partial charge in [0, 0.05) is 0 Å². The Morgan fingerprint density at radius 1 is 0.577 bits per heavy atom. The SMILES string of the molecule is CCOC1(OCC)Oc2c(Cl)c(Cl)c(Cl)c(Cl)c2OC1(OCC)OCC. The minimum Gasteiger partial charge on any atom is -0.426 e. The van der Waals surface area contributed by atoms with Crippen molar-refractivity contribution in [3.8, 4) is 11.5 Å². The molecule has 26 heavy (non-hydrogen) atoms. The summed E-state index contributed by atoms with van der Waals surface area (Å²) in [6, 6.07) is 0. The predicted octanol–water partition coefficient (Wildman–Crippen LogP) is 5.53. The zero-order valence-corrected chi connectivity index (χ0v) is 17.8. The number of rotatable bonds is 8. The van der Waals surface area contributed by atoms with Gasteiger partial charge in [0.05, 0.1) is 36.5 Å². The molecule has 10 heteroatoms. The van der Waals surface area contributed by atoms with Crippen LogP contribution >= 0.6 is 46.4 Å². The Hall–Kier alpha value is -0.180. The normalized spacial score (nSPS) is 17.4. The Balaban J connectivity index is 2.75. The molecule has 1 aromatic carbocycles. The third-order valence-corrected chi connectivity index (χ3v) is 5.14. The number of hydrogen-bond donors (Lipinski definition) is 0. The second kappa shape index (κ2) is 8.88. The molecule has 1 heterocycles. The van der Waals surface area contributed by atoms with Gasteiger partial charge in [-0.15, -0.1) is 0 Å². The van der Waals surface area contributed by atoms with Crippen LogP contribution in [-0.4, -0.2) is 38.4 Å². The van der Waals surface area contributed by atoms with Gasteiger partial charge in [0.1, 0.15) is 10.0 Å². The van der Waals surface area contributed by atoms with E-state index in [1.165, 1.54) is 0 Å². The Morgan fingerprint density at radius 3 is 1.08 bits per heavy atom. The van der Waals surface area contributed by atoms with Crippen molar-refractivity contribution in [3.05, 3.63) is 20.1 Å². The van der Waals surface area contributed by atoms with Crippen molar-refractivity contribution < 1.29 is 28.4 Å². The second-order valence-corrected chi connectivity index (χ2v) is 6.47. The molecule has 0 fully saturated rings. The lowest BCUT2D eigenvalue weighted by atomic mass is 10.2. The molecular weight excluding hydrogens is 430 g/mol. The van der Waals surface area contributed by atoms with Crippen molar-refractivity contribution in [1.29, 1.82) is 0 Å². The van der Waals surface area contributed by atoms with Crippen LogP contribution in [0.4, 0.5) is 0 Å². The van der Waals surface area contributed by atoms with Crippen molar-refractivity contribution in [2.24, 2.45) is 0 Å². The Labute approximate surface area is 172 Å². The van der Waals surface area contributed by atoms with Gasteiger partial charge in [-0.2, -0.15) is 0 Å². The topological polar surface area (TPSA) is 55.4 Å². The quantitative estimate of drug-likeness (QED) is 0.295. The molecule has 0 atom stereocenters. The summed E-state index contributed by atoms with van der Waals surface area (Å²) in [5, 5.41) is 0.0358. The van der Waals surface area contributed by atoms with E-state index >= 15 is 0 Å². The number of benzene rings is 1. The van der Waals surface area contributed by atoms with E-state index in [9.17, 15) is 0 Å². The predicted molar refractivity (Wildman–Crippen MR) is 99.7 cm³/mol. The minimum atomic E-state index is -1.90. The van der Waals surface area contributed by atoms with E-state index in [0.717, 1.165) is 0 Å². The Kier molecular flexibility index (Phi) is 7.55. The van der Waals surface area contributed by atoms with Crippen LogP contribution in [0.15, 0.2) is 0 Å². The van der Waals surface area contributed by atoms with E-state index in [1.54, 1.807) is 27.7 Å². The zero-order valence-electron chi connectivity index (χ0n) is 14.8. The van der Waals surface area contributed by atoms with Crippen LogP contribution in [-0.2, 0) is 18.9 Å². The average Bonchev–Trinajstić information content (AvgIpc) is 2.61. The van der Waals surface area contributed by atoms with Crippen LogP contribution in [0.5, 0.6) is 11.5 Å². The molecule has 0 N–H and O–H groups in total. The van der Waals surface area contributed by atoms with E-state index < -0.39 is 11.9 Å². The molecule has 0 saturated carbocycles. The number of fused-ring (bicyclic) bond motifs is 1. The fourth-order valence-electron chi connectivity index (χ4n) is 2.48. The molecule has 0 unspecified atom stereocenters. The highest BCUT2D eigenvalue weighted by Gasteiger charge is 2.67. The van der Waals surface area contributed by atoms with Crippen LogP contribution in [0.2, 0.25) is 20.1 Å². The summed E-state index contributed by atoms with van der Waals surface area (Å²) in [4.78, 5) is 0. The Morgan fingerprint density at radius 2 is 0.846 bits per heavy atom. The molecule has 1 aromatic rings. The number of halogens is 4. The molecule has 6 nitrogen and oxygen atoms in total. The monoisotopic (exact) mass is 448 g/mol. The summed E-state index contributed by atoms with van der Waals surface area (Å²) in [5.74, 6) is -3.77. The van der Waals surface area contributed by atoms with Crippen LogP contribution in [0, 0.1) is 0 Å². The molecule has 2 rings (SSSR count). The fourth-order valence-corrected chi connectivity index (χ4v) is 3.38. The van der Waals surface area contributed by atoms with Crippen molar-refractivity contribution in [1.82, 2.24) is 0 Å². The first-order chi connectivity index (χ1) is 12.3. The minimum absolute atomic E-state index is 0.00134. The van der Waals surface area contributed by atoms with Crippen molar-refractivity contribution in [3.63, 3.8) is 0 Å². The maximum atomic E-state index is 6.29. The lowest BCUT2D eigenvalue weighted by Gasteiger charge is -2.48. The van der Waals surface area contributed by atoms with Gasteiger partial charge in [0.15, 0.2) is 11.5 Å². The third kappa shape index (κ3) is 3.59. The summed E-state index contributed by atoms with van der Waals surface area (Å²) in [7, 11) is 0. The van der Waals surface area contributed by atoms with Gasteiger partial charge in [-0.1, -0.05) is 46.4 Å². The molecule has 0 aliphatic carbocycles. The van der Waals surface area contributed by atoms with Gasteiger partial charge >= 0.3 is 11.9 Å². The zero-order chi connectivity index (χ0) is 19.5. The van der Waals surface area contributed by atoms with Gasteiger partial charge in [0.25, 0.3) is 0 Å². The number of ether oxygens (including phenoxy) is 6. The van der Waals surface area contributed by atoms with Crippen LogP contribution in [0.3, 0.4) is 0 Å². The molecule has 0 aromatic heterocycles. The highest BCUT2D eigenvalue weighted by atomic mass is 35.5. The third-order valence-electron chi connectivity index (χ3n) is 3.37. The maximum Gasteiger partial charge on any atom is 0.428 e. The van der Waals surface area contributed by atoms with Gasteiger partial charge < -0.3 is 28.4 Å². The van der Waals surface area contributed by atoms with Gasteiger partial charge in [-0.05, 0) is 27.7 Å². The largest absolute Gasteiger partial charge is 0.428 e. The summed E-state index contributed by atoms with van der Waals surface area (Å²) in [6.45, 7) is 7.83. The fraction of sp³-hybridized carbons (Fsp3) is 0.625. The second-order valence-electron chi connectivity index (χ2n) is 4.96. The van der Waals surface area contributed by atoms with E-state index in [0.29, 0.717) is 0 Å². The summed E-state index contributed by atoms with van der Waals surface area (Å²) in [6.07, 6.45) is 0. The lowest BCUT2D eigenvalue weighted by molar-refractivity contribution is -0.533.